The molecule has 0 saturated carbocycles. The molecule has 2 aromatic carbocycles. The maximum Gasteiger partial charge on any atom is 0.178 e. The van der Waals surface area contributed by atoms with Crippen LogP contribution in [0.1, 0.15) is 12.5 Å². The molecule has 0 fully saturated rings. The summed E-state index contributed by atoms with van der Waals surface area (Å²) < 4.78 is 23.4. The minimum absolute atomic E-state index is 0.116. The van der Waals surface area contributed by atoms with Crippen LogP contribution in [0.2, 0.25) is 5.02 Å². The summed E-state index contributed by atoms with van der Waals surface area (Å²) in [5.41, 5.74) is 2.00. The van der Waals surface area contributed by atoms with Gasteiger partial charge >= 0.3 is 0 Å². The number of anilines is 1. The molecule has 0 radical (unpaired) electrons. The van der Waals surface area contributed by atoms with Crippen molar-refractivity contribution in [3.63, 3.8) is 0 Å². The summed E-state index contributed by atoms with van der Waals surface area (Å²) in [6, 6.07) is 14.4. The molecule has 0 aliphatic carbocycles. The second-order valence-electron chi connectivity index (χ2n) is 4.41. The zero-order valence-corrected chi connectivity index (χ0v) is 12.7. The minimum atomic E-state index is -3.13. The summed E-state index contributed by atoms with van der Waals surface area (Å²) in [5, 5.41) is 3.95. The first-order chi connectivity index (χ1) is 9.51. The van der Waals surface area contributed by atoms with Crippen LogP contribution in [0.3, 0.4) is 0 Å². The molecule has 0 aliphatic heterocycles. The highest BCUT2D eigenvalue weighted by molar-refractivity contribution is 7.91. The van der Waals surface area contributed by atoms with Gasteiger partial charge in [0.05, 0.1) is 10.6 Å². The number of nitrogens with one attached hydrogen (secondary N) is 1. The van der Waals surface area contributed by atoms with Gasteiger partial charge in [-0.2, -0.15) is 0 Å². The molecule has 0 heterocycles. The van der Waals surface area contributed by atoms with Crippen LogP contribution in [0.15, 0.2) is 53.4 Å². The third-order valence-corrected chi connectivity index (χ3v) is 5.01. The van der Waals surface area contributed by atoms with Gasteiger partial charge in [0.25, 0.3) is 0 Å². The second kappa shape index (κ2) is 6.29. The first kappa shape index (κ1) is 14.9. The number of sulfone groups is 1. The number of hydrogen-bond acceptors (Lipinski definition) is 3. The number of hydrogen-bond donors (Lipinski definition) is 1. The molecule has 5 heteroatoms. The van der Waals surface area contributed by atoms with Crippen LogP contribution < -0.4 is 5.32 Å². The van der Waals surface area contributed by atoms with Crippen molar-refractivity contribution in [3.05, 3.63) is 59.1 Å². The number of rotatable bonds is 5. The molecule has 0 saturated heterocycles. The van der Waals surface area contributed by atoms with E-state index in [1.807, 2.05) is 24.3 Å². The van der Waals surface area contributed by atoms with E-state index in [1.165, 1.54) is 0 Å². The Morgan fingerprint density at radius 3 is 2.15 bits per heavy atom. The van der Waals surface area contributed by atoms with Crippen molar-refractivity contribution in [3.8, 4) is 0 Å². The van der Waals surface area contributed by atoms with Gasteiger partial charge in [0, 0.05) is 17.3 Å². The Balaban J connectivity index is 2.03. The van der Waals surface area contributed by atoms with Crippen LogP contribution in [0.4, 0.5) is 5.69 Å². The Hall–Kier alpha value is -1.52. The summed E-state index contributed by atoms with van der Waals surface area (Å²) in [5.74, 6) is 0.116. The third-order valence-electron chi connectivity index (χ3n) is 3.00. The molecule has 0 aromatic heterocycles. The lowest BCUT2D eigenvalue weighted by molar-refractivity contribution is 0.597. The van der Waals surface area contributed by atoms with Crippen LogP contribution in [-0.2, 0) is 16.4 Å². The van der Waals surface area contributed by atoms with Gasteiger partial charge in [-0.25, -0.2) is 8.42 Å². The topological polar surface area (TPSA) is 46.2 Å². The number of halogens is 1. The highest BCUT2D eigenvalue weighted by Gasteiger charge is 2.10. The molecule has 0 atom stereocenters. The van der Waals surface area contributed by atoms with Crippen LogP contribution in [0.5, 0.6) is 0 Å². The zero-order chi connectivity index (χ0) is 14.6. The van der Waals surface area contributed by atoms with Crippen molar-refractivity contribution >= 4 is 27.1 Å². The predicted molar refractivity (Wildman–Crippen MR) is 82.9 cm³/mol. The van der Waals surface area contributed by atoms with E-state index >= 15 is 0 Å². The van der Waals surface area contributed by atoms with Gasteiger partial charge in [0.15, 0.2) is 9.84 Å². The molecule has 2 aromatic rings. The van der Waals surface area contributed by atoms with Gasteiger partial charge in [-0.05, 0) is 42.0 Å². The van der Waals surface area contributed by atoms with E-state index in [0.29, 0.717) is 16.5 Å². The first-order valence-corrected chi connectivity index (χ1v) is 8.35. The standard InChI is InChI=1S/C15H16ClNO2S/c1-2-20(18,19)15-9-7-14(8-10-15)17-11-12-3-5-13(16)6-4-12/h3-10,17H,2,11H2,1H3. The Labute approximate surface area is 124 Å². The molecule has 0 unspecified atom stereocenters. The summed E-state index contributed by atoms with van der Waals surface area (Å²) in [7, 11) is -3.13. The smallest absolute Gasteiger partial charge is 0.178 e. The average Bonchev–Trinajstić information content (AvgIpc) is 2.47. The lowest BCUT2D eigenvalue weighted by Crippen LogP contribution is -2.04. The van der Waals surface area contributed by atoms with E-state index in [4.69, 9.17) is 11.6 Å². The van der Waals surface area contributed by atoms with Crippen LogP contribution in [0, 0.1) is 0 Å². The molecule has 3 nitrogen and oxygen atoms in total. The molecule has 20 heavy (non-hydrogen) atoms. The van der Waals surface area contributed by atoms with Crippen LogP contribution >= 0.6 is 11.6 Å². The van der Waals surface area contributed by atoms with Crippen molar-refractivity contribution in [1.29, 1.82) is 0 Å². The Morgan fingerprint density at radius 1 is 1.00 bits per heavy atom. The summed E-state index contributed by atoms with van der Waals surface area (Å²) >= 11 is 5.83. The lowest BCUT2D eigenvalue weighted by atomic mass is 10.2. The maximum absolute atomic E-state index is 11.7. The molecule has 0 amide bonds. The second-order valence-corrected chi connectivity index (χ2v) is 7.12. The monoisotopic (exact) mass is 309 g/mol. The largest absolute Gasteiger partial charge is 0.381 e. The van der Waals surface area contributed by atoms with Gasteiger partial charge in [0.1, 0.15) is 0 Å². The molecule has 0 bridgehead atoms. The Kier molecular flexibility index (Phi) is 4.68. The van der Waals surface area contributed by atoms with E-state index < -0.39 is 9.84 Å². The maximum atomic E-state index is 11.7. The van der Waals surface area contributed by atoms with E-state index in [0.717, 1.165) is 11.3 Å². The quantitative estimate of drug-likeness (QED) is 0.915. The average molecular weight is 310 g/mol. The Morgan fingerprint density at radius 2 is 1.60 bits per heavy atom. The van der Waals surface area contributed by atoms with E-state index in [-0.39, 0.29) is 5.75 Å². The van der Waals surface area contributed by atoms with E-state index in [2.05, 4.69) is 5.32 Å². The molecule has 0 spiro atoms. The normalized spacial score (nSPS) is 11.3. The molecular weight excluding hydrogens is 294 g/mol. The predicted octanol–water partition coefficient (Wildman–Crippen LogP) is 3.75. The van der Waals surface area contributed by atoms with Gasteiger partial charge in [-0.15, -0.1) is 0 Å². The molecule has 0 aliphatic rings. The summed E-state index contributed by atoms with van der Waals surface area (Å²) in [4.78, 5) is 0.358. The number of benzene rings is 2. The van der Waals surface area contributed by atoms with Crippen LogP contribution in [0.25, 0.3) is 0 Å². The van der Waals surface area contributed by atoms with Gasteiger partial charge < -0.3 is 5.32 Å². The molecule has 1 N–H and O–H groups in total. The summed E-state index contributed by atoms with van der Waals surface area (Å²) in [6.07, 6.45) is 0. The highest BCUT2D eigenvalue weighted by atomic mass is 35.5. The third kappa shape index (κ3) is 3.74. The van der Waals surface area contributed by atoms with Crippen LogP contribution in [-0.4, -0.2) is 14.2 Å². The van der Waals surface area contributed by atoms with Crippen molar-refractivity contribution in [2.75, 3.05) is 11.1 Å². The van der Waals surface area contributed by atoms with Gasteiger partial charge in [-0.1, -0.05) is 30.7 Å². The van der Waals surface area contributed by atoms with Crippen molar-refractivity contribution in [1.82, 2.24) is 0 Å². The lowest BCUT2D eigenvalue weighted by Gasteiger charge is -2.08. The molecule has 2 rings (SSSR count). The van der Waals surface area contributed by atoms with Crippen molar-refractivity contribution < 1.29 is 8.42 Å². The van der Waals surface area contributed by atoms with Gasteiger partial charge in [-0.3, -0.25) is 0 Å². The first-order valence-electron chi connectivity index (χ1n) is 6.32. The SMILES string of the molecule is CCS(=O)(=O)c1ccc(NCc2ccc(Cl)cc2)cc1. The zero-order valence-electron chi connectivity index (χ0n) is 11.1. The summed E-state index contributed by atoms with van der Waals surface area (Å²) in [6.45, 7) is 2.30. The van der Waals surface area contributed by atoms with Crippen molar-refractivity contribution in [2.24, 2.45) is 0 Å². The van der Waals surface area contributed by atoms with E-state index in [1.54, 1.807) is 31.2 Å². The highest BCUT2D eigenvalue weighted by Crippen LogP contribution is 2.16. The fourth-order valence-electron chi connectivity index (χ4n) is 1.75. The van der Waals surface area contributed by atoms with Gasteiger partial charge in [0.2, 0.25) is 0 Å². The molecule has 106 valence electrons. The van der Waals surface area contributed by atoms with E-state index in [9.17, 15) is 8.42 Å². The fourth-order valence-corrected chi connectivity index (χ4v) is 2.76. The minimum Gasteiger partial charge on any atom is -0.381 e. The van der Waals surface area contributed by atoms with Crippen molar-refractivity contribution in [2.45, 2.75) is 18.4 Å². The molecular formula is C15H16ClNO2S. The fraction of sp³-hybridized carbons (Fsp3) is 0.200. The Bertz CT molecular complexity index is 664.